The molecule has 15 heavy (non-hydrogen) atoms. The lowest BCUT2D eigenvalue weighted by atomic mass is 10.1. The number of phenols is 1. The number of nitrogens with two attached hydrogens (primary N) is 1. The molecule has 2 aromatic rings. The summed E-state index contributed by atoms with van der Waals surface area (Å²) in [5.74, 6) is 0.988. The third kappa shape index (κ3) is 1.53. The van der Waals surface area contributed by atoms with E-state index in [0.29, 0.717) is 6.54 Å². The number of benzene rings is 1. The molecule has 4 N–H and O–H groups in total. The largest absolute Gasteiger partial charge is 0.507 e. The standard InChI is InChI=1S/C11H14N2O2/c1-15-9-3-2-8(14)10-7(4-5-12)6-13-11(9)10/h2-3,6,13-14H,4-5,12H2,1H3. The molecule has 1 aromatic heterocycles. The molecule has 0 radical (unpaired) electrons. The summed E-state index contributed by atoms with van der Waals surface area (Å²) in [7, 11) is 1.61. The van der Waals surface area contributed by atoms with Crippen LogP contribution < -0.4 is 10.5 Å². The second-order valence-electron chi connectivity index (χ2n) is 3.39. The van der Waals surface area contributed by atoms with Gasteiger partial charge in [0.05, 0.1) is 12.6 Å². The van der Waals surface area contributed by atoms with Gasteiger partial charge < -0.3 is 20.6 Å². The zero-order valence-electron chi connectivity index (χ0n) is 8.58. The van der Waals surface area contributed by atoms with Crippen LogP contribution >= 0.6 is 0 Å². The predicted octanol–water partition coefficient (Wildman–Crippen LogP) is 1.38. The van der Waals surface area contributed by atoms with Gasteiger partial charge in [-0.2, -0.15) is 0 Å². The fraction of sp³-hybridized carbons (Fsp3) is 0.273. The molecule has 4 heteroatoms. The van der Waals surface area contributed by atoms with Gasteiger partial charge >= 0.3 is 0 Å². The van der Waals surface area contributed by atoms with Crippen LogP contribution in [0.4, 0.5) is 0 Å². The van der Waals surface area contributed by atoms with Gasteiger partial charge in [0.1, 0.15) is 11.5 Å². The minimum atomic E-state index is 0.260. The first-order valence-corrected chi connectivity index (χ1v) is 4.84. The maximum atomic E-state index is 9.77. The van der Waals surface area contributed by atoms with Crippen molar-refractivity contribution in [1.82, 2.24) is 4.98 Å². The van der Waals surface area contributed by atoms with Crippen molar-refractivity contribution in [3.8, 4) is 11.5 Å². The lowest BCUT2D eigenvalue weighted by Crippen LogP contribution is -2.01. The molecule has 0 fully saturated rings. The third-order valence-corrected chi connectivity index (χ3v) is 2.49. The van der Waals surface area contributed by atoms with Crippen LogP contribution in [0.3, 0.4) is 0 Å². The number of hydrogen-bond donors (Lipinski definition) is 3. The summed E-state index contributed by atoms with van der Waals surface area (Å²) in [5.41, 5.74) is 7.34. The second kappa shape index (κ2) is 3.82. The Morgan fingerprint density at radius 1 is 1.47 bits per heavy atom. The number of hydrogen-bond acceptors (Lipinski definition) is 3. The predicted molar refractivity (Wildman–Crippen MR) is 59.3 cm³/mol. The summed E-state index contributed by atoms with van der Waals surface area (Å²) < 4.78 is 5.20. The van der Waals surface area contributed by atoms with Crippen molar-refractivity contribution in [2.45, 2.75) is 6.42 Å². The monoisotopic (exact) mass is 206 g/mol. The molecule has 1 heterocycles. The van der Waals surface area contributed by atoms with E-state index >= 15 is 0 Å². The van der Waals surface area contributed by atoms with Gasteiger partial charge in [0.2, 0.25) is 0 Å². The van der Waals surface area contributed by atoms with E-state index in [1.54, 1.807) is 19.2 Å². The van der Waals surface area contributed by atoms with Gasteiger partial charge in [-0.05, 0) is 30.7 Å². The Morgan fingerprint density at radius 2 is 2.27 bits per heavy atom. The molecule has 0 spiro atoms. The quantitative estimate of drug-likeness (QED) is 0.710. The third-order valence-electron chi connectivity index (χ3n) is 2.49. The topological polar surface area (TPSA) is 71.3 Å². The summed E-state index contributed by atoms with van der Waals surface area (Å²) in [5, 5.41) is 10.6. The number of fused-ring (bicyclic) bond motifs is 1. The van der Waals surface area contributed by atoms with Crippen LogP contribution in [0, 0.1) is 0 Å². The van der Waals surface area contributed by atoms with Crippen molar-refractivity contribution in [3.05, 3.63) is 23.9 Å². The smallest absolute Gasteiger partial charge is 0.143 e. The van der Waals surface area contributed by atoms with Crippen LogP contribution in [0.1, 0.15) is 5.56 Å². The Labute approximate surface area is 87.7 Å². The van der Waals surface area contributed by atoms with Gasteiger partial charge in [-0.1, -0.05) is 0 Å². The highest BCUT2D eigenvalue weighted by atomic mass is 16.5. The van der Waals surface area contributed by atoms with E-state index in [2.05, 4.69) is 4.98 Å². The van der Waals surface area contributed by atoms with E-state index in [9.17, 15) is 5.11 Å². The Morgan fingerprint density at radius 3 is 2.93 bits per heavy atom. The summed E-state index contributed by atoms with van der Waals surface area (Å²) in [6.07, 6.45) is 2.60. The minimum Gasteiger partial charge on any atom is -0.507 e. The zero-order chi connectivity index (χ0) is 10.8. The van der Waals surface area contributed by atoms with Gasteiger partial charge in [-0.3, -0.25) is 0 Å². The van der Waals surface area contributed by atoms with Crippen molar-refractivity contribution in [2.24, 2.45) is 5.73 Å². The normalized spacial score (nSPS) is 10.8. The number of aromatic nitrogens is 1. The van der Waals surface area contributed by atoms with Crippen molar-refractivity contribution in [2.75, 3.05) is 13.7 Å². The molecule has 80 valence electrons. The van der Waals surface area contributed by atoms with E-state index in [-0.39, 0.29) is 5.75 Å². The first kappa shape index (κ1) is 9.86. The fourth-order valence-corrected chi connectivity index (χ4v) is 1.80. The van der Waals surface area contributed by atoms with E-state index in [1.165, 1.54) is 0 Å². The van der Waals surface area contributed by atoms with Crippen LogP contribution in [0.15, 0.2) is 18.3 Å². The molecule has 0 aliphatic heterocycles. The van der Waals surface area contributed by atoms with Crippen LogP contribution in [0.2, 0.25) is 0 Å². The maximum absolute atomic E-state index is 9.77. The SMILES string of the molecule is COc1ccc(O)c2c(CCN)c[nH]c12. The number of aromatic hydroxyl groups is 1. The highest BCUT2D eigenvalue weighted by Crippen LogP contribution is 2.34. The van der Waals surface area contributed by atoms with E-state index in [4.69, 9.17) is 10.5 Å². The van der Waals surface area contributed by atoms with Gasteiger partial charge in [0.25, 0.3) is 0 Å². The van der Waals surface area contributed by atoms with Crippen LogP contribution in [-0.2, 0) is 6.42 Å². The average Bonchev–Trinajstić information content (AvgIpc) is 2.64. The highest BCUT2D eigenvalue weighted by Gasteiger charge is 2.11. The average molecular weight is 206 g/mol. The van der Waals surface area contributed by atoms with Crippen LogP contribution in [-0.4, -0.2) is 23.7 Å². The molecule has 0 amide bonds. The lowest BCUT2D eigenvalue weighted by molar-refractivity contribution is 0.417. The molecule has 0 bridgehead atoms. The number of rotatable bonds is 3. The van der Waals surface area contributed by atoms with Gasteiger partial charge in [-0.15, -0.1) is 0 Å². The zero-order valence-corrected chi connectivity index (χ0v) is 8.58. The summed E-state index contributed by atoms with van der Waals surface area (Å²) in [4.78, 5) is 3.09. The molecule has 0 aliphatic rings. The molecule has 2 rings (SSSR count). The number of aromatic amines is 1. The molecule has 0 unspecified atom stereocenters. The molecule has 0 saturated carbocycles. The van der Waals surface area contributed by atoms with Crippen LogP contribution in [0.25, 0.3) is 10.9 Å². The first-order valence-electron chi connectivity index (χ1n) is 4.84. The van der Waals surface area contributed by atoms with Crippen molar-refractivity contribution >= 4 is 10.9 Å². The minimum absolute atomic E-state index is 0.260. The maximum Gasteiger partial charge on any atom is 0.143 e. The Kier molecular flexibility index (Phi) is 2.51. The lowest BCUT2D eigenvalue weighted by Gasteiger charge is -2.04. The van der Waals surface area contributed by atoms with Crippen molar-refractivity contribution in [3.63, 3.8) is 0 Å². The molecular formula is C11H14N2O2. The van der Waals surface area contributed by atoms with Crippen molar-refractivity contribution < 1.29 is 9.84 Å². The molecule has 0 atom stereocenters. The number of ether oxygens (including phenoxy) is 1. The van der Waals surface area contributed by atoms with Gasteiger partial charge in [0, 0.05) is 11.6 Å². The first-order chi connectivity index (χ1) is 7.27. The van der Waals surface area contributed by atoms with E-state index in [0.717, 1.165) is 28.6 Å². The molecule has 0 aliphatic carbocycles. The molecule has 1 aromatic carbocycles. The van der Waals surface area contributed by atoms with E-state index < -0.39 is 0 Å². The number of methoxy groups -OCH3 is 1. The molecular weight excluding hydrogens is 192 g/mol. The molecule has 0 saturated heterocycles. The Bertz CT molecular complexity index is 477. The number of H-pyrrole nitrogens is 1. The number of nitrogens with one attached hydrogen (secondary N) is 1. The van der Waals surface area contributed by atoms with Crippen LogP contribution in [0.5, 0.6) is 11.5 Å². The summed E-state index contributed by atoms with van der Waals surface area (Å²) in [6, 6.07) is 3.37. The van der Waals surface area contributed by atoms with Crippen molar-refractivity contribution in [1.29, 1.82) is 0 Å². The fourth-order valence-electron chi connectivity index (χ4n) is 1.80. The highest BCUT2D eigenvalue weighted by molar-refractivity contribution is 5.93. The molecule has 4 nitrogen and oxygen atoms in total. The Balaban J connectivity index is 2.67. The summed E-state index contributed by atoms with van der Waals surface area (Å²) in [6.45, 7) is 0.559. The van der Waals surface area contributed by atoms with E-state index in [1.807, 2.05) is 6.20 Å². The second-order valence-corrected chi connectivity index (χ2v) is 3.39. The van der Waals surface area contributed by atoms with Gasteiger partial charge in [0.15, 0.2) is 0 Å². The number of phenolic OH excluding ortho intramolecular Hbond substituents is 1. The Hall–Kier alpha value is -1.68. The van der Waals surface area contributed by atoms with Gasteiger partial charge in [-0.25, -0.2) is 0 Å². The summed E-state index contributed by atoms with van der Waals surface area (Å²) >= 11 is 0.